The second kappa shape index (κ2) is 6.69. The predicted molar refractivity (Wildman–Crippen MR) is 82.1 cm³/mol. The molecular formula is C15H18N4O2. The van der Waals surface area contributed by atoms with Gasteiger partial charge in [-0.25, -0.2) is 4.98 Å². The summed E-state index contributed by atoms with van der Waals surface area (Å²) in [7, 11) is 0. The molecule has 0 aliphatic carbocycles. The smallest absolute Gasteiger partial charge is 0.252 e. The summed E-state index contributed by atoms with van der Waals surface area (Å²) in [5, 5.41) is 6.41. The average Bonchev–Trinajstić information content (AvgIpc) is 2.49. The van der Waals surface area contributed by atoms with Gasteiger partial charge < -0.3 is 16.4 Å². The zero-order valence-corrected chi connectivity index (χ0v) is 11.8. The molecule has 1 heterocycles. The van der Waals surface area contributed by atoms with E-state index in [-0.39, 0.29) is 12.5 Å². The molecule has 1 aromatic carbocycles. The van der Waals surface area contributed by atoms with Crippen LogP contribution in [0.2, 0.25) is 0 Å². The maximum atomic E-state index is 12.2. The van der Waals surface area contributed by atoms with Crippen LogP contribution in [0.25, 0.3) is 10.9 Å². The third kappa shape index (κ3) is 3.68. The highest BCUT2D eigenvalue weighted by Crippen LogP contribution is 2.20. The first-order valence-corrected chi connectivity index (χ1v) is 6.82. The molecule has 0 unspecified atom stereocenters. The molecule has 4 N–H and O–H groups in total. The van der Waals surface area contributed by atoms with Crippen LogP contribution in [-0.4, -0.2) is 29.9 Å². The molecule has 0 spiro atoms. The summed E-state index contributed by atoms with van der Waals surface area (Å²) >= 11 is 0. The molecule has 0 fully saturated rings. The van der Waals surface area contributed by atoms with Crippen LogP contribution in [0.5, 0.6) is 0 Å². The normalized spacial score (nSPS) is 10.3. The Morgan fingerprint density at radius 1 is 1.29 bits per heavy atom. The number of rotatable bonds is 6. The molecule has 0 saturated carbocycles. The van der Waals surface area contributed by atoms with E-state index in [0.717, 1.165) is 23.9 Å². The molecule has 0 radical (unpaired) electrons. The third-order valence-electron chi connectivity index (χ3n) is 2.94. The largest absolute Gasteiger partial charge is 0.370 e. The molecule has 0 aliphatic rings. The first-order chi connectivity index (χ1) is 10.1. The third-order valence-corrected chi connectivity index (χ3v) is 2.94. The van der Waals surface area contributed by atoms with Gasteiger partial charge in [0.05, 0.1) is 17.6 Å². The van der Waals surface area contributed by atoms with Crippen molar-refractivity contribution in [1.29, 1.82) is 0 Å². The number of nitrogens with zero attached hydrogens (tertiary/aromatic N) is 1. The maximum Gasteiger partial charge on any atom is 0.252 e. The van der Waals surface area contributed by atoms with Gasteiger partial charge in [0.1, 0.15) is 5.82 Å². The van der Waals surface area contributed by atoms with Crippen molar-refractivity contribution in [2.24, 2.45) is 5.73 Å². The summed E-state index contributed by atoms with van der Waals surface area (Å²) in [5.41, 5.74) is 6.25. The molecule has 21 heavy (non-hydrogen) atoms. The maximum absolute atomic E-state index is 12.2. The number of carbonyl (C=O) groups excluding carboxylic acids is 2. The van der Waals surface area contributed by atoms with E-state index in [0.29, 0.717) is 11.4 Å². The summed E-state index contributed by atoms with van der Waals surface area (Å²) in [6.45, 7) is 2.63. The van der Waals surface area contributed by atoms with Crippen molar-refractivity contribution in [2.45, 2.75) is 13.3 Å². The van der Waals surface area contributed by atoms with Gasteiger partial charge in [0, 0.05) is 11.9 Å². The number of hydrogen-bond acceptors (Lipinski definition) is 4. The Balaban J connectivity index is 2.38. The van der Waals surface area contributed by atoms with E-state index in [9.17, 15) is 9.59 Å². The fourth-order valence-corrected chi connectivity index (χ4v) is 1.97. The van der Waals surface area contributed by atoms with Crippen LogP contribution in [-0.2, 0) is 4.79 Å². The van der Waals surface area contributed by atoms with Crippen LogP contribution >= 0.6 is 0 Å². The highest BCUT2D eigenvalue weighted by atomic mass is 16.2. The number of aromatic nitrogens is 1. The fraction of sp³-hybridized carbons (Fsp3) is 0.267. The Morgan fingerprint density at radius 2 is 2.05 bits per heavy atom. The number of nitrogens with one attached hydrogen (secondary N) is 2. The molecule has 110 valence electrons. The summed E-state index contributed by atoms with van der Waals surface area (Å²) in [4.78, 5) is 27.5. The minimum Gasteiger partial charge on any atom is -0.370 e. The van der Waals surface area contributed by atoms with E-state index < -0.39 is 5.91 Å². The average molecular weight is 286 g/mol. The van der Waals surface area contributed by atoms with Crippen LogP contribution in [0.1, 0.15) is 23.7 Å². The minimum absolute atomic E-state index is 0.187. The van der Waals surface area contributed by atoms with E-state index in [1.807, 2.05) is 24.3 Å². The number of benzene rings is 1. The van der Waals surface area contributed by atoms with Crippen LogP contribution in [0.15, 0.2) is 30.3 Å². The zero-order chi connectivity index (χ0) is 15.2. The Kier molecular flexibility index (Phi) is 4.71. The molecule has 2 rings (SSSR count). The van der Waals surface area contributed by atoms with Crippen LogP contribution < -0.4 is 16.4 Å². The van der Waals surface area contributed by atoms with E-state index in [1.54, 1.807) is 6.07 Å². The number of fused-ring (bicyclic) bond motifs is 1. The van der Waals surface area contributed by atoms with Crippen LogP contribution in [0.3, 0.4) is 0 Å². The molecule has 6 heteroatoms. The number of carbonyl (C=O) groups is 2. The molecule has 1 aromatic heterocycles. The zero-order valence-electron chi connectivity index (χ0n) is 11.8. The number of anilines is 1. The Morgan fingerprint density at radius 3 is 2.76 bits per heavy atom. The highest BCUT2D eigenvalue weighted by Gasteiger charge is 2.13. The summed E-state index contributed by atoms with van der Waals surface area (Å²) in [5.74, 6) is -0.280. The standard InChI is InChI=1S/C15H18N4O2/c1-2-7-17-14-8-11(15(21)18-9-13(16)20)10-5-3-4-6-12(10)19-14/h3-6,8H,2,7,9H2,1H3,(H2,16,20)(H,17,19)(H,18,21). The lowest BCUT2D eigenvalue weighted by atomic mass is 10.1. The van der Waals surface area contributed by atoms with Gasteiger partial charge in [-0.2, -0.15) is 0 Å². The predicted octanol–water partition coefficient (Wildman–Crippen LogP) is 1.27. The lowest BCUT2D eigenvalue weighted by molar-refractivity contribution is -0.117. The van der Waals surface area contributed by atoms with Crippen molar-refractivity contribution in [3.05, 3.63) is 35.9 Å². The van der Waals surface area contributed by atoms with E-state index in [2.05, 4.69) is 22.5 Å². The topological polar surface area (TPSA) is 97.1 Å². The first-order valence-electron chi connectivity index (χ1n) is 6.82. The van der Waals surface area contributed by atoms with E-state index in [1.165, 1.54) is 0 Å². The van der Waals surface area contributed by atoms with Gasteiger partial charge in [0.25, 0.3) is 5.91 Å². The molecule has 0 saturated heterocycles. The number of nitrogens with two attached hydrogens (primary N) is 1. The molecule has 0 atom stereocenters. The Labute approximate surface area is 122 Å². The van der Waals surface area contributed by atoms with Gasteiger partial charge >= 0.3 is 0 Å². The SMILES string of the molecule is CCCNc1cc(C(=O)NCC(N)=O)c2ccccc2n1. The van der Waals surface area contributed by atoms with Gasteiger partial charge in [-0.05, 0) is 18.6 Å². The fourth-order valence-electron chi connectivity index (χ4n) is 1.97. The molecule has 6 nitrogen and oxygen atoms in total. The molecule has 2 aromatic rings. The Hall–Kier alpha value is -2.63. The van der Waals surface area contributed by atoms with E-state index >= 15 is 0 Å². The van der Waals surface area contributed by atoms with Gasteiger partial charge in [-0.15, -0.1) is 0 Å². The number of primary amides is 1. The van der Waals surface area contributed by atoms with Gasteiger partial charge in [0.2, 0.25) is 5.91 Å². The van der Waals surface area contributed by atoms with Crippen LogP contribution in [0.4, 0.5) is 5.82 Å². The second-order valence-corrected chi connectivity index (χ2v) is 4.65. The summed E-state index contributed by atoms with van der Waals surface area (Å²) in [6.07, 6.45) is 0.956. The van der Waals surface area contributed by atoms with Crippen LogP contribution in [0, 0.1) is 0 Å². The van der Waals surface area contributed by atoms with Crippen molar-refractivity contribution in [3.63, 3.8) is 0 Å². The molecular weight excluding hydrogens is 268 g/mol. The molecule has 0 bridgehead atoms. The van der Waals surface area contributed by atoms with Crippen molar-refractivity contribution in [3.8, 4) is 0 Å². The number of amides is 2. The molecule has 2 amide bonds. The quantitative estimate of drug-likeness (QED) is 0.745. The minimum atomic E-state index is -0.578. The van der Waals surface area contributed by atoms with Crippen molar-refractivity contribution in [1.82, 2.24) is 10.3 Å². The number of pyridine rings is 1. The number of para-hydroxylation sites is 1. The van der Waals surface area contributed by atoms with Crippen molar-refractivity contribution >= 4 is 28.5 Å². The van der Waals surface area contributed by atoms with Gasteiger partial charge in [0.15, 0.2) is 0 Å². The lowest BCUT2D eigenvalue weighted by Crippen LogP contribution is -2.33. The van der Waals surface area contributed by atoms with Crippen molar-refractivity contribution < 1.29 is 9.59 Å². The summed E-state index contributed by atoms with van der Waals surface area (Å²) in [6, 6.07) is 9.06. The summed E-state index contributed by atoms with van der Waals surface area (Å²) < 4.78 is 0. The van der Waals surface area contributed by atoms with E-state index in [4.69, 9.17) is 5.73 Å². The number of hydrogen-bond donors (Lipinski definition) is 3. The first kappa shape index (κ1) is 14.8. The lowest BCUT2D eigenvalue weighted by Gasteiger charge is -2.10. The molecule has 0 aliphatic heterocycles. The highest BCUT2D eigenvalue weighted by molar-refractivity contribution is 6.07. The van der Waals surface area contributed by atoms with Gasteiger partial charge in [-0.1, -0.05) is 25.1 Å². The van der Waals surface area contributed by atoms with Crippen molar-refractivity contribution in [2.75, 3.05) is 18.4 Å². The van der Waals surface area contributed by atoms with Gasteiger partial charge in [-0.3, -0.25) is 9.59 Å². The Bertz CT molecular complexity index is 670. The second-order valence-electron chi connectivity index (χ2n) is 4.65. The monoisotopic (exact) mass is 286 g/mol.